The van der Waals surface area contributed by atoms with Crippen molar-refractivity contribution in [3.8, 4) is 0 Å². The van der Waals surface area contributed by atoms with Crippen molar-refractivity contribution in [1.29, 1.82) is 0 Å². The van der Waals surface area contributed by atoms with Crippen LogP contribution in [0, 0.1) is 0 Å². The number of rotatable bonds is 7. The molecule has 0 spiro atoms. The molecule has 18 heavy (non-hydrogen) atoms. The Hall–Kier alpha value is -0.990. The Labute approximate surface area is 116 Å². The Morgan fingerprint density at radius 2 is 2.22 bits per heavy atom. The van der Waals surface area contributed by atoms with Gasteiger partial charge in [0, 0.05) is 29.8 Å². The minimum atomic E-state index is 0.269. The standard InChI is InChI=1S/C15H23ClN2/c1-5-9-18(10-6-2)13-7-8-14(12(3)17-4)15(16)11-13/h5,7-8,11-12,17H,1,6,9-10H2,2-4H3. The molecule has 0 aliphatic carbocycles. The summed E-state index contributed by atoms with van der Waals surface area (Å²) in [5, 5.41) is 4.03. The molecule has 1 N–H and O–H groups in total. The summed E-state index contributed by atoms with van der Waals surface area (Å²) >= 11 is 6.35. The van der Waals surface area contributed by atoms with Crippen molar-refractivity contribution >= 4 is 17.3 Å². The van der Waals surface area contributed by atoms with E-state index in [1.165, 1.54) is 0 Å². The Bertz CT molecular complexity index is 390. The second-order valence-electron chi connectivity index (χ2n) is 4.45. The molecule has 1 rings (SSSR count). The van der Waals surface area contributed by atoms with E-state index < -0.39 is 0 Å². The van der Waals surface area contributed by atoms with Crippen LogP contribution in [0.3, 0.4) is 0 Å². The maximum atomic E-state index is 6.35. The van der Waals surface area contributed by atoms with Gasteiger partial charge >= 0.3 is 0 Å². The van der Waals surface area contributed by atoms with Crippen molar-refractivity contribution in [2.24, 2.45) is 0 Å². The monoisotopic (exact) mass is 266 g/mol. The highest BCUT2D eigenvalue weighted by atomic mass is 35.5. The van der Waals surface area contributed by atoms with Crippen molar-refractivity contribution in [3.63, 3.8) is 0 Å². The van der Waals surface area contributed by atoms with Gasteiger partial charge in [-0.25, -0.2) is 0 Å². The normalized spacial score (nSPS) is 12.2. The number of anilines is 1. The van der Waals surface area contributed by atoms with Gasteiger partial charge < -0.3 is 10.2 Å². The molecule has 0 bridgehead atoms. The van der Waals surface area contributed by atoms with Crippen molar-refractivity contribution in [3.05, 3.63) is 41.4 Å². The highest BCUT2D eigenvalue weighted by molar-refractivity contribution is 6.31. The Kier molecular flexibility index (Phi) is 6.23. The summed E-state index contributed by atoms with van der Waals surface area (Å²) in [5.74, 6) is 0. The Balaban J connectivity index is 2.97. The van der Waals surface area contributed by atoms with Crippen molar-refractivity contribution in [2.45, 2.75) is 26.3 Å². The van der Waals surface area contributed by atoms with E-state index in [-0.39, 0.29) is 6.04 Å². The number of halogens is 1. The molecule has 3 heteroatoms. The van der Waals surface area contributed by atoms with Gasteiger partial charge in [-0.1, -0.05) is 30.7 Å². The summed E-state index contributed by atoms with van der Waals surface area (Å²) in [5.41, 5.74) is 2.30. The summed E-state index contributed by atoms with van der Waals surface area (Å²) < 4.78 is 0. The average Bonchev–Trinajstić information content (AvgIpc) is 2.37. The number of benzene rings is 1. The molecule has 100 valence electrons. The van der Waals surface area contributed by atoms with Crippen LogP contribution in [0.2, 0.25) is 5.02 Å². The van der Waals surface area contributed by atoms with Crippen LogP contribution in [0.25, 0.3) is 0 Å². The van der Waals surface area contributed by atoms with Gasteiger partial charge in [-0.3, -0.25) is 0 Å². The first-order chi connectivity index (χ1) is 8.63. The molecule has 1 aromatic rings. The molecule has 1 aromatic carbocycles. The Morgan fingerprint density at radius 1 is 1.50 bits per heavy atom. The largest absolute Gasteiger partial charge is 0.368 e. The van der Waals surface area contributed by atoms with E-state index >= 15 is 0 Å². The molecule has 0 fully saturated rings. The quantitative estimate of drug-likeness (QED) is 0.750. The van der Waals surface area contributed by atoms with Gasteiger partial charge in [0.05, 0.1) is 0 Å². The third-order valence-electron chi connectivity index (χ3n) is 3.09. The minimum Gasteiger partial charge on any atom is -0.368 e. The lowest BCUT2D eigenvalue weighted by molar-refractivity contribution is 0.652. The molecule has 0 aliphatic rings. The van der Waals surface area contributed by atoms with Gasteiger partial charge in [-0.15, -0.1) is 6.58 Å². The first-order valence-corrected chi connectivity index (χ1v) is 6.84. The smallest absolute Gasteiger partial charge is 0.0474 e. The number of nitrogens with zero attached hydrogens (tertiary/aromatic N) is 1. The zero-order valence-corrected chi connectivity index (χ0v) is 12.3. The van der Waals surface area contributed by atoms with Crippen LogP contribution < -0.4 is 10.2 Å². The first-order valence-electron chi connectivity index (χ1n) is 6.46. The van der Waals surface area contributed by atoms with E-state index in [1.54, 1.807) is 0 Å². The molecular weight excluding hydrogens is 244 g/mol. The highest BCUT2D eigenvalue weighted by Gasteiger charge is 2.10. The topological polar surface area (TPSA) is 15.3 Å². The first kappa shape index (κ1) is 15.1. The van der Waals surface area contributed by atoms with Crippen molar-refractivity contribution in [1.82, 2.24) is 5.32 Å². The summed E-state index contributed by atoms with van der Waals surface area (Å²) in [6.45, 7) is 9.96. The van der Waals surface area contributed by atoms with E-state index in [0.29, 0.717) is 0 Å². The van der Waals surface area contributed by atoms with Crippen LogP contribution in [0.4, 0.5) is 5.69 Å². The van der Waals surface area contributed by atoms with Crippen LogP contribution >= 0.6 is 11.6 Å². The highest BCUT2D eigenvalue weighted by Crippen LogP contribution is 2.27. The molecule has 0 heterocycles. The Morgan fingerprint density at radius 3 is 2.72 bits per heavy atom. The van der Waals surface area contributed by atoms with E-state index in [4.69, 9.17) is 11.6 Å². The second kappa shape index (κ2) is 7.45. The van der Waals surface area contributed by atoms with E-state index in [2.05, 4.69) is 42.8 Å². The van der Waals surface area contributed by atoms with Gasteiger partial charge in [-0.2, -0.15) is 0 Å². The fraction of sp³-hybridized carbons (Fsp3) is 0.467. The fourth-order valence-corrected chi connectivity index (χ4v) is 2.31. The number of hydrogen-bond donors (Lipinski definition) is 1. The molecule has 0 aromatic heterocycles. The summed E-state index contributed by atoms with van der Waals surface area (Å²) in [6.07, 6.45) is 3.04. The SMILES string of the molecule is C=CCN(CCC)c1ccc(C(C)NC)c(Cl)c1. The third-order valence-corrected chi connectivity index (χ3v) is 3.42. The number of nitrogens with one attached hydrogen (secondary N) is 1. The van der Waals surface area contributed by atoms with Crippen LogP contribution in [0.15, 0.2) is 30.9 Å². The number of hydrogen-bond acceptors (Lipinski definition) is 2. The fourth-order valence-electron chi connectivity index (χ4n) is 1.97. The lowest BCUT2D eigenvalue weighted by atomic mass is 10.1. The predicted molar refractivity (Wildman–Crippen MR) is 81.6 cm³/mol. The van der Waals surface area contributed by atoms with Gasteiger partial charge in [0.15, 0.2) is 0 Å². The minimum absolute atomic E-state index is 0.269. The van der Waals surface area contributed by atoms with E-state index in [1.807, 2.05) is 19.2 Å². The van der Waals surface area contributed by atoms with Crippen LogP contribution in [0.1, 0.15) is 31.9 Å². The van der Waals surface area contributed by atoms with E-state index in [0.717, 1.165) is 35.8 Å². The zero-order valence-electron chi connectivity index (χ0n) is 11.5. The molecule has 0 saturated carbocycles. The lowest BCUT2D eigenvalue weighted by Gasteiger charge is -2.24. The molecule has 2 nitrogen and oxygen atoms in total. The van der Waals surface area contributed by atoms with Crippen LogP contribution in [-0.4, -0.2) is 20.1 Å². The van der Waals surface area contributed by atoms with Crippen LogP contribution in [-0.2, 0) is 0 Å². The van der Waals surface area contributed by atoms with Crippen LogP contribution in [0.5, 0.6) is 0 Å². The second-order valence-corrected chi connectivity index (χ2v) is 4.86. The lowest BCUT2D eigenvalue weighted by Crippen LogP contribution is -2.24. The molecule has 1 atom stereocenters. The third kappa shape index (κ3) is 3.76. The van der Waals surface area contributed by atoms with Gasteiger partial charge in [0.2, 0.25) is 0 Å². The molecule has 0 saturated heterocycles. The molecule has 0 aliphatic heterocycles. The van der Waals surface area contributed by atoms with E-state index in [9.17, 15) is 0 Å². The molecule has 0 amide bonds. The molecular formula is C15H23ClN2. The van der Waals surface area contributed by atoms with Gasteiger partial charge in [0.1, 0.15) is 0 Å². The van der Waals surface area contributed by atoms with Gasteiger partial charge in [-0.05, 0) is 38.1 Å². The summed E-state index contributed by atoms with van der Waals surface area (Å²) in [7, 11) is 1.94. The zero-order chi connectivity index (χ0) is 13.5. The van der Waals surface area contributed by atoms with Crippen molar-refractivity contribution in [2.75, 3.05) is 25.0 Å². The maximum absolute atomic E-state index is 6.35. The van der Waals surface area contributed by atoms with Gasteiger partial charge in [0.25, 0.3) is 0 Å². The average molecular weight is 267 g/mol. The van der Waals surface area contributed by atoms with Crippen molar-refractivity contribution < 1.29 is 0 Å². The maximum Gasteiger partial charge on any atom is 0.0474 e. The molecule has 0 radical (unpaired) electrons. The summed E-state index contributed by atoms with van der Waals surface area (Å²) in [4.78, 5) is 2.28. The predicted octanol–water partition coefficient (Wildman–Crippen LogP) is 4.02. The molecule has 1 unspecified atom stereocenters. The summed E-state index contributed by atoms with van der Waals surface area (Å²) in [6, 6.07) is 6.55.